The molecule has 0 spiro atoms. The molecule has 7 N–H and O–H groups in total. The van der Waals surface area contributed by atoms with Crippen molar-refractivity contribution in [1.29, 1.82) is 0 Å². The topological polar surface area (TPSA) is 171 Å². The third-order valence-corrected chi connectivity index (χ3v) is 3.46. The molecule has 3 amide bonds. The smallest absolute Gasteiger partial charge is 0.245 e. The third-order valence-electron chi connectivity index (χ3n) is 3.46. The number of amides is 3. The van der Waals surface area contributed by atoms with Gasteiger partial charge in [0.05, 0.1) is 25.8 Å². The molecule has 0 aromatic heterocycles. The summed E-state index contributed by atoms with van der Waals surface area (Å²) < 4.78 is 0. The Morgan fingerprint density at radius 3 is 2.21 bits per heavy atom. The van der Waals surface area contributed by atoms with E-state index < -0.39 is 55.6 Å². The molecule has 0 aliphatic rings. The summed E-state index contributed by atoms with van der Waals surface area (Å²) in [6.45, 7) is 1.86. The third kappa shape index (κ3) is 7.49. The highest BCUT2D eigenvalue weighted by molar-refractivity contribution is 5.92. The summed E-state index contributed by atoms with van der Waals surface area (Å²) in [6, 6.07) is -3.27. The number of nitrogens with two attached hydrogens (primary N) is 1. The van der Waals surface area contributed by atoms with Crippen molar-refractivity contribution in [2.75, 3.05) is 19.8 Å². The molecule has 0 unspecified atom stereocenters. The Hall–Kier alpha value is -2.04. The largest absolute Gasteiger partial charge is 0.394 e. The first-order valence-corrected chi connectivity index (χ1v) is 7.53. The van der Waals surface area contributed by atoms with E-state index in [1.54, 1.807) is 6.92 Å². The molecule has 10 heteroatoms. The predicted molar refractivity (Wildman–Crippen MR) is 84.2 cm³/mol. The Morgan fingerprint density at radius 1 is 1.12 bits per heavy atom. The first kappa shape index (κ1) is 22.0. The van der Waals surface area contributed by atoms with Gasteiger partial charge in [0.15, 0.2) is 0 Å². The SMILES string of the molecule is CC[C@H](C)[C@H](N)C(=O)N[C@@H](CO)C(=O)NCC(=O)N[C@H]([C]=O)CO. The van der Waals surface area contributed by atoms with Crippen LogP contribution in [0.5, 0.6) is 0 Å². The lowest BCUT2D eigenvalue weighted by molar-refractivity contribution is -0.132. The van der Waals surface area contributed by atoms with Crippen LogP contribution in [-0.4, -0.2) is 72.1 Å². The summed E-state index contributed by atoms with van der Waals surface area (Å²) >= 11 is 0. The molecule has 0 heterocycles. The maximum atomic E-state index is 11.9. The Labute approximate surface area is 140 Å². The number of rotatable bonds is 11. The highest BCUT2D eigenvalue weighted by atomic mass is 16.3. The van der Waals surface area contributed by atoms with Crippen LogP contribution >= 0.6 is 0 Å². The van der Waals surface area contributed by atoms with Gasteiger partial charge in [-0.25, -0.2) is 0 Å². The molecule has 0 saturated heterocycles. The lowest BCUT2D eigenvalue weighted by Crippen LogP contribution is -2.55. The first-order chi connectivity index (χ1) is 11.3. The van der Waals surface area contributed by atoms with Crippen LogP contribution in [0, 0.1) is 5.92 Å². The van der Waals surface area contributed by atoms with Crippen molar-refractivity contribution >= 4 is 24.0 Å². The van der Waals surface area contributed by atoms with Crippen molar-refractivity contribution in [2.24, 2.45) is 11.7 Å². The van der Waals surface area contributed by atoms with Crippen LogP contribution in [0.25, 0.3) is 0 Å². The van der Waals surface area contributed by atoms with Crippen LogP contribution in [0.2, 0.25) is 0 Å². The zero-order valence-electron chi connectivity index (χ0n) is 13.7. The highest BCUT2D eigenvalue weighted by Crippen LogP contribution is 2.05. The van der Waals surface area contributed by atoms with Crippen molar-refractivity contribution in [3.05, 3.63) is 0 Å². The molecule has 10 nitrogen and oxygen atoms in total. The molecular weight excluding hydrogens is 320 g/mol. The van der Waals surface area contributed by atoms with Gasteiger partial charge in [-0.2, -0.15) is 0 Å². The van der Waals surface area contributed by atoms with E-state index in [4.69, 9.17) is 10.8 Å². The highest BCUT2D eigenvalue weighted by Gasteiger charge is 2.25. The minimum absolute atomic E-state index is 0.104. The number of hydrogen-bond acceptors (Lipinski definition) is 7. The molecule has 1 radical (unpaired) electrons. The minimum atomic E-state index is -1.26. The normalized spacial score (nSPS) is 15.5. The summed E-state index contributed by atoms with van der Waals surface area (Å²) in [6.07, 6.45) is 2.07. The molecule has 0 aromatic rings. The molecule has 137 valence electrons. The Bertz CT molecular complexity index is 445. The van der Waals surface area contributed by atoms with Crippen molar-refractivity contribution in [3.63, 3.8) is 0 Å². The molecule has 24 heavy (non-hydrogen) atoms. The van der Waals surface area contributed by atoms with E-state index in [9.17, 15) is 24.3 Å². The number of aliphatic hydroxyl groups is 2. The van der Waals surface area contributed by atoms with Gasteiger partial charge >= 0.3 is 0 Å². The van der Waals surface area contributed by atoms with Crippen molar-refractivity contribution in [2.45, 2.75) is 38.4 Å². The Morgan fingerprint density at radius 2 is 1.75 bits per heavy atom. The van der Waals surface area contributed by atoms with E-state index in [2.05, 4.69) is 16.0 Å². The quantitative estimate of drug-likeness (QED) is 0.226. The number of hydrogen-bond donors (Lipinski definition) is 6. The second kappa shape index (κ2) is 11.5. The van der Waals surface area contributed by atoms with Gasteiger partial charge < -0.3 is 31.9 Å². The van der Waals surface area contributed by atoms with Gasteiger partial charge in [0.1, 0.15) is 12.1 Å². The minimum Gasteiger partial charge on any atom is -0.394 e. The number of carbonyl (C=O) groups excluding carboxylic acids is 4. The molecule has 4 atom stereocenters. The monoisotopic (exact) mass is 345 g/mol. The van der Waals surface area contributed by atoms with Crippen molar-refractivity contribution in [1.82, 2.24) is 16.0 Å². The van der Waals surface area contributed by atoms with Gasteiger partial charge in [-0.05, 0) is 5.92 Å². The van der Waals surface area contributed by atoms with Gasteiger partial charge in [0, 0.05) is 0 Å². The molecular formula is C14H25N4O6. The first-order valence-electron chi connectivity index (χ1n) is 7.53. The molecule has 0 bridgehead atoms. The number of aliphatic hydroxyl groups excluding tert-OH is 2. The van der Waals surface area contributed by atoms with Crippen LogP contribution in [-0.2, 0) is 19.2 Å². The van der Waals surface area contributed by atoms with Crippen LogP contribution in [0.4, 0.5) is 0 Å². The van der Waals surface area contributed by atoms with Gasteiger partial charge in [0.2, 0.25) is 24.0 Å². The Balaban J connectivity index is 4.47. The van der Waals surface area contributed by atoms with E-state index in [-0.39, 0.29) is 5.92 Å². The van der Waals surface area contributed by atoms with Gasteiger partial charge in [-0.3, -0.25) is 19.2 Å². The van der Waals surface area contributed by atoms with E-state index in [0.29, 0.717) is 6.42 Å². The van der Waals surface area contributed by atoms with Crippen LogP contribution in [0.1, 0.15) is 20.3 Å². The molecule has 0 aromatic carbocycles. The second-order valence-electron chi connectivity index (χ2n) is 5.29. The zero-order chi connectivity index (χ0) is 18.7. The summed E-state index contributed by atoms with van der Waals surface area (Å²) in [5, 5.41) is 24.6. The summed E-state index contributed by atoms with van der Waals surface area (Å²) in [5.74, 6) is -2.20. The van der Waals surface area contributed by atoms with Crippen LogP contribution < -0.4 is 21.7 Å². The van der Waals surface area contributed by atoms with Crippen LogP contribution in [0.15, 0.2) is 0 Å². The lowest BCUT2D eigenvalue weighted by Gasteiger charge is -2.21. The maximum Gasteiger partial charge on any atom is 0.245 e. The molecule has 0 aliphatic heterocycles. The molecule has 0 rings (SSSR count). The van der Waals surface area contributed by atoms with Crippen molar-refractivity contribution < 1.29 is 29.4 Å². The van der Waals surface area contributed by atoms with E-state index in [1.807, 2.05) is 6.92 Å². The van der Waals surface area contributed by atoms with Gasteiger partial charge in [-0.15, -0.1) is 0 Å². The predicted octanol–water partition coefficient (Wildman–Crippen LogP) is -3.46. The average Bonchev–Trinajstić information content (AvgIpc) is 2.60. The van der Waals surface area contributed by atoms with E-state index in [0.717, 1.165) is 0 Å². The maximum absolute atomic E-state index is 11.9. The van der Waals surface area contributed by atoms with E-state index in [1.165, 1.54) is 6.29 Å². The fourth-order valence-electron chi connectivity index (χ4n) is 1.62. The molecule has 0 saturated carbocycles. The fourth-order valence-corrected chi connectivity index (χ4v) is 1.62. The van der Waals surface area contributed by atoms with Crippen molar-refractivity contribution in [3.8, 4) is 0 Å². The summed E-state index contributed by atoms with van der Waals surface area (Å²) in [5.41, 5.74) is 5.73. The van der Waals surface area contributed by atoms with Gasteiger partial charge in [0.25, 0.3) is 0 Å². The summed E-state index contributed by atoms with van der Waals surface area (Å²) in [4.78, 5) is 45.6. The fraction of sp³-hybridized carbons (Fsp3) is 0.714. The number of carbonyl (C=O) groups is 3. The second-order valence-corrected chi connectivity index (χ2v) is 5.29. The van der Waals surface area contributed by atoms with Gasteiger partial charge in [-0.1, -0.05) is 20.3 Å². The average molecular weight is 345 g/mol. The summed E-state index contributed by atoms with van der Waals surface area (Å²) in [7, 11) is 0. The van der Waals surface area contributed by atoms with Crippen LogP contribution in [0.3, 0.4) is 0 Å². The zero-order valence-corrected chi connectivity index (χ0v) is 13.7. The lowest BCUT2D eigenvalue weighted by atomic mass is 9.99. The van der Waals surface area contributed by atoms with E-state index >= 15 is 0 Å². The number of nitrogens with one attached hydrogen (secondary N) is 3. The molecule has 0 fully saturated rings. The molecule has 0 aliphatic carbocycles. The Kier molecular flexibility index (Phi) is 10.5. The standard InChI is InChI=1S/C14H25N4O6/c1-3-8(2)12(15)14(24)18-10(7-21)13(23)16-4-11(22)17-9(5-19)6-20/h8-10,12,19,21H,3-5,7,15H2,1-2H3,(H,16,23)(H,17,22)(H,18,24)/t8-,9-,10-,12-/m0/s1.